The lowest BCUT2D eigenvalue weighted by Gasteiger charge is -2.36. The molecule has 88 valence electrons. The molecule has 2 heterocycles. The molecule has 1 aromatic heterocycles. The maximum absolute atomic E-state index is 11.3. The summed E-state index contributed by atoms with van der Waals surface area (Å²) in [5.74, 6) is 1.02. The highest BCUT2D eigenvalue weighted by molar-refractivity contribution is 7.10. The molecule has 0 saturated carbocycles. The van der Waals surface area contributed by atoms with Gasteiger partial charge in [0.15, 0.2) is 0 Å². The summed E-state index contributed by atoms with van der Waals surface area (Å²) in [5, 5.41) is 2.14. The fourth-order valence-electron chi connectivity index (χ4n) is 2.44. The molecular weight excluding hydrogens is 218 g/mol. The summed E-state index contributed by atoms with van der Waals surface area (Å²) >= 11 is 1.83. The van der Waals surface area contributed by atoms with Crippen molar-refractivity contribution >= 4 is 17.1 Å². The Balaban J connectivity index is 2.11. The third-order valence-corrected chi connectivity index (χ3v) is 4.16. The molecular formula is C13H19NOS. The standard InChI is InChI=1S/C13H19NOS/c1-10(2)13(12-4-3-9-16-12)14-7-5-11(15)6-8-14/h3-4,9-10,13H,5-8H2,1-2H3. The molecule has 1 aromatic rings. The van der Waals surface area contributed by atoms with E-state index in [9.17, 15) is 4.79 Å². The number of likely N-dealkylation sites (tertiary alicyclic amines) is 1. The van der Waals surface area contributed by atoms with Crippen molar-refractivity contribution in [3.05, 3.63) is 22.4 Å². The SMILES string of the molecule is CC(C)C(c1cccs1)N1CCC(=O)CC1. The fraction of sp³-hybridized carbons (Fsp3) is 0.615. The van der Waals surface area contributed by atoms with Crippen LogP contribution in [0.5, 0.6) is 0 Å². The van der Waals surface area contributed by atoms with Crippen molar-refractivity contribution in [2.75, 3.05) is 13.1 Å². The predicted molar refractivity (Wildman–Crippen MR) is 67.7 cm³/mol. The zero-order valence-electron chi connectivity index (χ0n) is 9.98. The second-order valence-corrected chi connectivity index (χ2v) is 5.76. The van der Waals surface area contributed by atoms with Crippen LogP contribution in [0.25, 0.3) is 0 Å². The molecule has 16 heavy (non-hydrogen) atoms. The van der Waals surface area contributed by atoms with Crippen LogP contribution in [0, 0.1) is 5.92 Å². The van der Waals surface area contributed by atoms with Crippen molar-refractivity contribution in [3.63, 3.8) is 0 Å². The number of piperidine rings is 1. The summed E-state index contributed by atoms with van der Waals surface area (Å²) in [6, 6.07) is 4.82. The van der Waals surface area contributed by atoms with Crippen LogP contribution in [0.4, 0.5) is 0 Å². The molecule has 0 N–H and O–H groups in total. The summed E-state index contributed by atoms with van der Waals surface area (Å²) in [7, 11) is 0. The zero-order chi connectivity index (χ0) is 11.5. The monoisotopic (exact) mass is 237 g/mol. The topological polar surface area (TPSA) is 20.3 Å². The van der Waals surface area contributed by atoms with Gasteiger partial charge in [0.1, 0.15) is 5.78 Å². The summed E-state index contributed by atoms with van der Waals surface area (Å²) < 4.78 is 0. The van der Waals surface area contributed by atoms with Gasteiger partial charge in [0.25, 0.3) is 0 Å². The molecule has 0 amide bonds. The van der Waals surface area contributed by atoms with Crippen molar-refractivity contribution < 1.29 is 4.79 Å². The van der Waals surface area contributed by atoms with Crippen molar-refractivity contribution in [1.29, 1.82) is 0 Å². The Morgan fingerprint density at radius 1 is 1.31 bits per heavy atom. The third kappa shape index (κ3) is 2.53. The van der Waals surface area contributed by atoms with Crippen LogP contribution in [0.1, 0.15) is 37.6 Å². The van der Waals surface area contributed by atoms with E-state index in [1.54, 1.807) is 0 Å². The maximum atomic E-state index is 11.3. The molecule has 1 saturated heterocycles. The van der Waals surface area contributed by atoms with E-state index in [1.807, 2.05) is 11.3 Å². The number of Topliss-reactive ketones (excluding diaryl/α,β-unsaturated/α-hetero) is 1. The summed E-state index contributed by atoms with van der Waals surface area (Å²) in [6.07, 6.45) is 1.46. The predicted octanol–water partition coefficient (Wildman–Crippen LogP) is 3.11. The van der Waals surface area contributed by atoms with Gasteiger partial charge in [-0.1, -0.05) is 19.9 Å². The minimum Gasteiger partial charge on any atom is -0.300 e. The first kappa shape index (κ1) is 11.8. The smallest absolute Gasteiger partial charge is 0.135 e. The lowest BCUT2D eigenvalue weighted by Crippen LogP contribution is -2.38. The van der Waals surface area contributed by atoms with Gasteiger partial charge in [-0.15, -0.1) is 11.3 Å². The Morgan fingerprint density at radius 2 is 2.00 bits per heavy atom. The average molecular weight is 237 g/mol. The second kappa shape index (κ2) is 5.11. The first-order valence-corrected chi connectivity index (χ1v) is 6.85. The van der Waals surface area contributed by atoms with Gasteiger partial charge in [-0.2, -0.15) is 0 Å². The molecule has 0 aliphatic carbocycles. The van der Waals surface area contributed by atoms with Crippen molar-refractivity contribution in [1.82, 2.24) is 4.90 Å². The molecule has 0 aromatic carbocycles. The van der Waals surface area contributed by atoms with Gasteiger partial charge >= 0.3 is 0 Å². The molecule has 1 atom stereocenters. The average Bonchev–Trinajstić information content (AvgIpc) is 2.74. The Hall–Kier alpha value is -0.670. The van der Waals surface area contributed by atoms with Gasteiger partial charge in [0.2, 0.25) is 0 Å². The Labute approximate surface area is 101 Å². The molecule has 2 rings (SSSR count). The van der Waals surface area contributed by atoms with E-state index in [4.69, 9.17) is 0 Å². The quantitative estimate of drug-likeness (QED) is 0.805. The van der Waals surface area contributed by atoms with Crippen molar-refractivity contribution in [2.24, 2.45) is 5.92 Å². The first-order valence-electron chi connectivity index (χ1n) is 5.97. The van der Waals surface area contributed by atoms with Crippen LogP contribution in [-0.2, 0) is 4.79 Å². The van der Waals surface area contributed by atoms with E-state index in [0.717, 1.165) is 25.9 Å². The molecule has 1 aliphatic rings. The number of thiophene rings is 1. The molecule has 1 fully saturated rings. The van der Waals surface area contributed by atoms with Crippen molar-refractivity contribution in [3.8, 4) is 0 Å². The second-order valence-electron chi connectivity index (χ2n) is 4.78. The minimum absolute atomic E-state index is 0.421. The number of carbonyl (C=O) groups is 1. The van der Waals surface area contributed by atoms with Gasteiger partial charge in [-0.05, 0) is 17.4 Å². The lowest BCUT2D eigenvalue weighted by molar-refractivity contribution is -0.122. The van der Waals surface area contributed by atoms with E-state index in [-0.39, 0.29) is 0 Å². The number of hydrogen-bond donors (Lipinski definition) is 0. The van der Waals surface area contributed by atoms with Crippen LogP contribution in [0.15, 0.2) is 17.5 Å². The zero-order valence-corrected chi connectivity index (χ0v) is 10.8. The van der Waals surface area contributed by atoms with Crippen molar-refractivity contribution in [2.45, 2.75) is 32.7 Å². The van der Waals surface area contributed by atoms with Gasteiger partial charge in [0.05, 0.1) is 0 Å². The minimum atomic E-state index is 0.421. The summed E-state index contributed by atoms with van der Waals surface area (Å²) in [4.78, 5) is 15.2. The molecule has 1 unspecified atom stereocenters. The van der Waals surface area contributed by atoms with Gasteiger partial charge in [-0.3, -0.25) is 9.69 Å². The number of ketones is 1. The van der Waals surface area contributed by atoms with Gasteiger partial charge in [0, 0.05) is 36.9 Å². The van der Waals surface area contributed by atoms with Crippen LogP contribution in [0.2, 0.25) is 0 Å². The first-order chi connectivity index (χ1) is 7.68. The number of nitrogens with zero attached hydrogens (tertiary/aromatic N) is 1. The number of rotatable bonds is 3. The molecule has 0 bridgehead atoms. The van der Waals surface area contributed by atoms with Crippen LogP contribution >= 0.6 is 11.3 Å². The maximum Gasteiger partial charge on any atom is 0.135 e. The van der Waals surface area contributed by atoms with Gasteiger partial charge in [-0.25, -0.2) is 0 Å². The summed E-state index contributed by atoms with van der Waals surface area (Å²) in [6.45, 7) is 6.39. The van der Waals surface area contributed by atoms with Crippen LogP contribution < -0.4 is 0 Å². The number of carbonyl (C=O) groups excluding carboxylic acids is 1. The van der Waals surface area contributed by atoms with E-state index < -0.39 is 0 Å². The lowest BCUT2D eigenvalue weighted by atomic mass is 9.97. The molecule has 0 radical (unpaired) electrons. The highest BCUT2D eigenvalue weighted by Gasteiger charge is 2.27. The van der Waals surface area contributed by atoms with E-state index >= 15 is 0 Å². The summed E-state index contributed by atoms with van der Waals surface area (Å²) in [5.41, 5.74) is 0. The van der Waals surface area contributed by atoms with Crippen LogP contribution in [-0.4, -0.2) is 23.8 Å². The largest absolute Gasteiger partial charge is 0.300 e. The van der Waals surface area contributed by atoms with E-state index in [2.05, 4.69) is 36.3 Å². The van der Waals surface area contributed by atoms with E-state index in [1.165, 1.54) is 4.88 Å². The molecule has 2 nitrogen and oxygen atoms in total. The third-order valence-electron chi connectivity index (χ3n) is 3.22. The molecule has 0 spiro atoms. The Kier molecular flexibility index (Phi) is 3.77. The van der Waals surface area contributed by atoms with E-state index in [0.29, 0.717) is 17.7 Å². The van der Waals surface area contributed by atoms with Crippen LogP contribution in [0.3, 0.4) is 0 Å². The van der Waals surface area contributed by atoms with Gasteiger partial charge < -0.3 is 0 Å². The Bertz CT molecular complexity index is 335. The normalized spacial score (nSPS) is 20.3. The fourth-order valence-corrected chi connectivity index (χ4v) is 3.47. The Morgan fingerprint density at radius 3 is 2.50 bits per heavy atom. The highest BCUT2D eigenvalue weighted by Crippen LogP contribution is 2.33. The highest BCUT2D eigenvalue weighted by atomic mass is 32.1. The number of hydrogen-bond acceptors (Lipinski definition) is 3. The molecule has 3 heteroatoms. The molecule has 1 aliphatic heterocycles.